The summed E-state index contributed by atoms with van der Waals surface area (Å²) >= 11 is 0. The zero-order valence-corrected chi connectivity index (χ0v) is 13.5. The summed E-state index contributed by atoms with van der Waals surface area (Å²) in [7, 11) is 0. The monoisotopic (exact) mass is 304 g/mol. The van der Waals surface area contributed by atoms with Crippen LogP contribution in [-0.2, 0) is 0 Å². The third-order valence-electron chi connectivity index (χ3n) is 4.06. The normalized spacial score (nSPS) is 16.4. The molecule has 1 fully saturated rings. The Hall–Kier alpha value is -2.04. The molecule has 1 heterocycles. The predicted octanol–water partition coefficient (Wildman–Crippen LogP) is 3.07. The van der Waals surface area contributed by atoms with Crippen molar-refractivity contribution in [3.63, 3.8) is 0 Å². The third-order valence-corrected chi connectivity index (χ3v) is 4.06. The molecule has 2 rings (SSSR count). The summed E-state index contributed by atoms with van der Waals surface area (Å²) in [5.41, 5.74) is 0.376. The Morgan fingerprint density at radius 3 is 2.14 bits per heavy atom. The average molecular weight is 304 g/mol. The summed E-state index contributed by atoms with van der Waals surface area (Å²) < 4.78 is 0. The summed E-state index contributed by atoms with van der Waals surface area (Å²) in [5.74, 6) is 0.0156. The van der Waals surface area contributed by atoms with Gasteiger partial charge in [-0.05, 0) is 45.7 Å². The van der Waals surface area contributed by atoms with E-state index in [4.69, 9.17) is 5.11 Å². The smallest absolute Gasteiger partial charge is 0.407 e. The van der Waals surface area contributed by atoms with Gasteiger partial charge in [0.05, 0.1) is 0 Å². The fraction of sp³-hybridized carbons (Fsp3) is 0.529. The van der Waals surface area contributed by atoms with E-state index in [2.05, 4.69) is 0 Å². The van der Waals surface area contributed by atoms with E-state index in [9.17, 15) is 9.59 Å². The van der Waals surface area contributed by atoms with Gasteiger partial charge in [0.2, 0.25) is 0 Å². The first-order valence-electron chi connectivity index (χ1n) is 7.67. The van der Waals surface area contributed by atoms with Crippen molar-refractivity contribution in [2.75, 3.05) is 13.1 Å². The standard InChI is InChI=1S/C17H24N2O3/c1-17(2,3)19(15(20)13-7-5-4-6-8-13)14-9-11-18(12-10-14)16(21)22/h4-8,14H,9-12H2,1-3H3,(H,21,22). The molecule has 5 heteroatoms. The van der Waals surface area contributed by atoms with Crippen LogP contribution in [0.25, 0.3) is 0 Å². The molecule has 2 amide bonds. The molecule has 1 aliphatic rings. The maximum absolute atomic E-state index is 12.9. The molecule has 1 N–H and O–H groups in total. The second kappa shape index (κ2) is 6.38. The minimum Gasteiger partial charge on any atom is -0.465 e. The lowest BCUT2D eigenvalue weighted by Gasteiger charge is -2.45. The third kappa shape index (κ3) is 3.59. The van der Waals surface area contributed by atoms with Crippen molar-refractivity contribution in [2.24, 2.45) is 0 Å². The largest absolute Gasteiger partial charge is 0.465 e. The maximum Gasteiger partial charge on any atom is 0.407 e. The summed E-state index contributed by atoms with van der Waals surface area (Å²) in [6.07, 6.45) is 0.486. The van der Waals surface area contributed by atoms with Crippen molar-refractivity contribution in [1.82, 2.24) is 9.80 Å². The molecule has 1 saturated heterocycles. The quantitative estimate of drug-likeness (QED) is 0.913. The first-order chi connectivity index (χ1) is 10.3. The van der Waals surface area contributed by atoms with Crippen LogP contribution >= 0.6 is 0 Å². The van der Waals surface area contributed by atoms with E-state index in [0.717, 1.165) is 0 Å². The van der Waals surface area contributed by atoms with E-state index in [1.165, 1.54) is 4.90 Å². The van der Waals surface area contributed by atoms with Crippen molar-refractivity contribution in [1.29, 1.82) is 0 Å². The van der Waals surface area contributed by atoms with Crippen molar-refractivity contribution < 1.29 is 14.7 Å². The molecule has 0 bridgehead atoms. The Labute approximate surface area is 131 Å². The van der Waals surface area contributed by atoms with Gasteiger partial charge in [0.1, 0.15) is 0 Å². The molecule has 1 aliphatic heterocycles. The molecule has 0 atom stereocenters. The highest BCUT2D eigenvalue weighted by molar-refractivity contribution is 5.94. The molecular formula is C17H24N2O3. The van der Waals surface area contributed by atoms with Gasteiger partial charge in [0, 0.05) is 30.2 Å². The van der Waals surface area contributed by atoms with E-state index in [0.29, 0.717) is 31.5 Å². The van der Waals surface area contributed by atoms with Crippen LogP contribution in [0.2, 0.25) is 0 Å². The van der Waals surface area contributed by atoms with Crippen LogP contribution in [-0.4, -0.2) is 51.6 Å². The first-order valence-corrected chi connectivity index (χ1v) is 7.67. The number of rotatable bonds is 2. The number of carbonyl (C=O) groups is 2. The second-order valence-electron chi connectivity index (χ2n) is 6.71. The minimum absolute atomic E-state index is 0.0156. The Balaban J connectivity index is 2.18. The first kappa shape index (κ1) is 16.3. The molecule has 5 nitrogen and oxygen atoms in total. The highest BCUT2D eigenvalue weighted by Gasteiger charge is 2.36. The van der Waals surface area contributed by atoms with Gasteiger partial charge in [-0.25, -0.2) is 4.79 Å². The van der Waals surface area contributed by atoms with Gasteiger partial charge in [-0.15, -0.1) is 0 Å². The molecule has 0 radical (unpaired) electrons. The van der Waals surface area contributed by atoms with Crippen LogP contribution in [0.5, 0.6) is 0 Å². The molecule has 0 aliphatic carbocycles. The average Bonchev–Trinajstić information content (AvgIpc) is 2.47. The van der Waals surface area contributed by atoms with Gasteiger partial charge in [0.25, 0.3) is 5.91 Å². The van der Waals surface area contributed by atoms with Crippen molar-refractivity contribution in [2.45, 2.75) is 45.2 Å². The SMILES string of the molecule is CC(C)(C)N(C(=O)c1ccccc1)C1CCN(C(=O)O)CC1. The van der Waals surface area contributed by atoms with Crippen LogP contribution < -0.4 is 0 Å². The van der Waals surface area contributed by atoms with Crippen LogP contribution in [0.15, 0.2) is 30.3 Å². The molecule has 1 aromatic rings. The van der Waals surface area contributed by atoms with Crippen LogP contribution in [0.4, 0.5) is 4.79 Å². The Morgan fingerprint density at radius 1 is 1.14 bits per heavy atom. The Kier molecular flexibility index (Phi) is 4.74. The van der Waals surface area contributed by atoms with Crippen LogP contribution in [0.1, 0.15) is 44.0 Å². The molecule has 120 valence electrons. The Morgan fingerprint density at radius 2 is 1.68 bits per heavy atom. The molecule has 0 saturated carbocycles. The maximum atomic E-state index is 12.9. The van der Waals surface area contributed by atoms with Gasteiger partial charge >= 0.3 is 6.09 Å². The fourth-order valence-electron chi connectivity index (χ4n) is 3.05. The lowest BCUT2D eigenvalue weighted by atomic mass is 9.95. The van der Waals surface area contributed by atoms with E-state index < -0.39 is 6.09 Å². The van der Waals surface area contributed by atoms with Crippen LogP contribution in [0.3, 0.4) is 0 Å². The highest BCUT2D eigenvalue weighted by Crippen LogP contribution is 2.26. The lowest BCUT2D eigenvalue weighted by Crippen LogP contribution is -2.55. The van der Waals surface area contributed by atoms with Gasteiger partial charge in [-0.3, -0.25) is 4.79 Å². The summed E-state index contributed by atoms with van der Waals surface area (Å²) in [5, 5.41) is 9.06. The minimum atomic E-state index is -0.879. The molecule has 1 aromatic carbocycles. The summed E-state index contributed by atoms with van der Waals surface area (Å²) in [6, 6.07) is 9.34. The molecule has 0 spiro atoms. The number of piperidine rings is 1. The topological polar surface area (TPSA) is 60.9 Å². The number of hydrogen-bond acceptors (Lipinski definition) is 2. The summed E-state index contributed by atoms with van der Waals surface area (Å²) in [6.45, 7) is 7.04. The van der Waals surface area contributed by atoms with E-state index in [1.807, 2.05) is 56.0 Å². The van der Waals surface area contributed by atoms with E-state index in [-0.39, 0.29) is 17.5 Å². The second-order valence-corrected chi connectivity index (χ2v) is 6.71. The number of benzene rings is 1. The lowest BCUT2D eigenvalue weighted by molar-refractivity contribution is 0.0296. The predicted molar refractivity (Wildman–Crippen MR) is 85.0 cm³/mol. The number of hydrogen-bond donors (Lipinski definition) is 1. The van der Waals surface area contributed by atoms with Gasteiger partial charge < -0.3 is 14.9 Å². The zero-order chi connectivity index (χ0) is 16.3. The van der Waals surface area contributed by atoms with Gasteiger partial charge in [-0.1, -0.05) is 18.2 Å². The molecule has 22 heavy (non-hydrogen) atoms. The van der Waals surface area contributed by atoms with Gasteiger partial charge in [-0.2, -0.15) is 0 Å². The Bertz CT molecular complexity index is 529. The zero-order valence-electron chi connectivity index (χ0n) is 13.5. The van der Waals surface area contributed by atoms with Crippen molar-refractivity contribution >= 4 is 12.0 Å². The molecular weight excluding hydrogens is 280 g/mol. The van der Waals surface area contributed by atoms with E-state index in [1.54, 1.807) is 0 Å². The number of carboxylic acid groups (broad SMARTS) is 1. The van der Waals surface area contributed by atoms with Crippen LogP contribution in [0, 0.1) is 0 Å². The number of amides is 2. The molecule has 0 unspecified atom stereocenters. The molecule has 0 aromatic heterocycles. The van der Waals surface area contributed by atoms with Crippen molar-refractivity contribution in [3.05, 3.63) is 35.9 Å². The number of nitrogens with zero attached hydrogens (tertiary/aromatic N) is 2. The van der Waals surface area contributed by atoms with Gasteiger partial charge in [0.15, 0.2) is 0 Å². The summed E-state index contributed by atoms with van der Waals surface area (Å²) in [4.78, 5) is 27.3. The number of likely N-dealkylation sites (tertiary alicyclic amines) is 1. The highest BCUT2D eigenvalue weighted by atomic mass is 16.4. The van der Waals surface area contributed by atoms with Crippen molar-refractivity contribution in [3.8, 4) is 0 Å². The number of carbonyl (C=O) groups excluding carboxylic acids is 1. The fourth-order valence-corrected chi connectivity index (χ4v) is 3.05. The van der Waals surface area contributed by atoms with E-state index >= 15 is 0 Å².